The minimum atomic E-state index is -1.25. The molecule has 0 unspecified atom stereocenters. The minimum Gasteiger partial charge on any atom is -0.497 e. The highest BCUT2D eigenvalue weighted by atomic mass is 16.7. The average molecular weight is 796 g/mol. The molecule has 1 aromatic heterocycles. The van der Waals surface area contributed by atoms with Crippen molar-refractivity contribution in [1.82, 2.24) is 20.7 Å². The topological polar surface area (TPSA) is 140 Å². The standard InChI is InChI=1S/C47H49N5O7/c1-56-35-21-14-18-33(25-35)48-39-22-13-5-3-4-10-17-32-29-47(32,46(55)51-59-34-19-11-7-12-20-34)50-44(53)42-27-37(30-52(42)45(39)54)58-43-28-40(31-15-8-6-9-16-31)49-41-26-36(57-2)23-24-38(41)43/h6-12,14-21,23-26,28,32,37,39,42,48H,3-5,13,22,27,29-30H2,1-2H3,(H,50,53)(H,51,55)/b17-10-/t32-,37+,39-,42-,47+/m0/s1. The Bertz CT molecular complexity index is 2320. The summed E-state index contributed by atoms with van der Waals surface area (Å²) < 4.78 is 17.8. The van der Waals surface area contributed by atoms with Crippen LogP contribution in [0.3, 0.4) is 0 Å². The Morgan fingerprint density at radius 2 is 1.61 bits per heavy atom. The Kier molecular flexibility index (Phi) is 11.7. The van der Waals surface area contributed by atoms with Crippen LogP contribution in [0.4, 0.5) is 5.69 Å². The first-order valence-electron chi connectivity index (χ1n) is 20.3. The molecule has 2 aliphatic heterocycles. The summed E-state index contributed by atoms with van der Waals surface area (Å²) in [6.45, 7) is 0.146. The molecule has 3 heterocycles. The third-order valence-corrected chi connectivity index (χ3v) is 11.4. The Labute approximate surface area is 343 Å². The van der Waals surface area contributed by atoms with Crippen LogP contribution in [0.1, 0.15) is 44.9 Å². The van der Waals surface area contributed by atoms with Crippen LogP contribution in [0.5, 0.6) is 23.0 Å². The summed E-state index contributed by atoms with van der Waals surface area (Å²) in [5.74, 6) is 1.01. The molecule has 12 heteroatoms. The highest BCUT2D eigenvalue weighted by molar-refractivity contribution is 5.98. The first kappa shape index (κ1) is 39.3. The second-order valence-electron chi connectivity index (χ2n) is 15.3. The predicted molar refractivity (Wildman–Crippen MR) is 225 cm³/mol. The maximum atomic E-state index is 14.9. The predicted octanol–water partition coefficient (Wildman–Crippen LogP) is 7.25. The van der Waals surface area contributed by atoms with Crippen LogP contribution in [0.2, 0.25) is 0 Å². The van der Waals surface area contributed by atoms with E-state index >= 15 is 0 Å². The van der Waals surface area contributed by atoms with Gasteiger partial charge < -0.3 is 34.6 Å². The van der Waals surface area contributed by atoms with Crippen molar-refractivity contribution >= 4 is 34.3 Å². The van der Waals surface area contributed by atoms with Crippen LogP contribution in [-0.4, -0.2) is 72.1 Å². The first-order valence-corrected chi connectivity index (χ1v) is 20.3. The van der Waals surface area contributed by atoms with Gasteiger partial charge in [-0.3, -0.25) is 14.4 Å². The number of pyridine rings is 1. The van der Waals surface area contributed by atoms with Crippen molar-refractivity contribution in [3.05, 3.63) is 121 Å². The lowest BCUT2D eigenvalue weighted by Crippen LogP contribution is -2.57. The van der Waals surface area contributed by atoms with E-state index in [0.717, 1.165) is 42.3 Å². The molecular formula is C47H49N5O7. The van der Waals surface area contributed by atoms with Gasteiger partial charge in [-0.25, -0.2) is 4.98 Å². The van der Waals surface area contributed by atoms with Crippen molar-refractivity contribution < 1.29 is 33.4 Å². The normalized spacial score (nSPS) is 23.7. The molecule has 59 heavy (non-hydrogen) atoms. The quantitative estimate of drug-likeness (QED) is 0.0985. The Balaban J connectivity index is 1.13. The number of rotatable bonds is 10. The van der Waals surface area contributed by atoms with Crippen LogP contribution < -0.4 is 35.2 Å². The van der Waals surface area contributed by atoms with Crippen molar-refractivity contribution in [2.45, 2.75) is 68.7 Å². The number of allylic oxidation sites excluding steroid dienone is 1. The number of nitrogens with one attached hydrogen (secondary N) is 3. The highest BCUT2D eigenvalue weighted by Gasteiger charge is 2.61. The number of carbonyl (C=O) groups excluding carboxylic acids is 3. The molecule has 304 valence electrons. The Morgan fingerprint density at radius 3 is 2.41 bits per heavy atom. The molecule has 3 amide bonds. The fourth-order valence-electron chi connectivity index (χ4n) is 8.10. The van der Waals surface area contributed by atoms with E-state index in [1.165, 1.54) is 0 Å². The monoisotopic (exact) mass is 795 g/mol. The minimum absolute atomic E-state index is 0.146. The number of nitrogens with zero attached hydrogens (tertiary/aromatic N) is 2. The average Bonchev–Trinajstić information content (AvgIpc) is 3.80. The third kappa shape index (κ3) is 8.81. The molecule has 12 nitrogen and oxygen atoms in total. The summed E-state index contributed by atoms with van der Waals surface area (Å²) in [6.07, 6.45) is 8.14. The van der Waals surface area contributed by atoms with Gasteiger partial charge in [-0.05, 0) is 62.1 Å². The summed E-state index contributed by atoms with van der Waals surface area (Å²) >= 11 is 0. The second-order valence-corrected chi connectivity index (χ2v) is 15.3. The van der Waals surface area contributed by atoms with Gasteiger partial charge in [0.05, 0.1) is 32.0 Å². The van der Waals surface area contributed by atoms with Crippen molar-refractivity contribution in [2.24, 2.45) is 5.92 Å². The molecule has 1 aliphatic carbocycles. The molecule has 1 saturated carbocycles. The maximum Gasteiger partial charge on any atom is 0.278 e. The number of anilines is 1. The fraction of sp³-hybridized carbons (Fsp3) is 0.319. The SMILES string of the molecule is COc1cccc(N[C@H]2CCCCC/C=C\[C@H]3C[C@@]3(C(=O)NOc3ccccc3)NC(=O)[C@@H]3C[C@@H](Oc4cc(-c5ccccc5)nc5cc(OC)ccc45)CN3C2=O)c1. The van der Waals surface area contributed by atoms with E-state index in [1.54, 1.807) is 31.3 Å². The van der Waals surface area contributed by atoms with Crippen LogP contribution in [0, 0.1) is 5.92 Å². The molecule has 3 N–H and O–H groups in total. The number of hydroxylamine groups is 1. The van der Waals surface area contributed by atoms with Gasteiger partial charge in [0.1, 0.15) is 41.0 Å². The van der Waals surface area contributed by atoms with E-state index in [4.69, 9.17) is 24.0 Å². The first-order chi connectivity index (χ1) is 28.8. The molecule has 0 spiro atoms. The second kappa shape index (κ2) is 17.5. The summed E-state index contributed by atoms with van der Waals surface area (Å²) in [6, 6.07) is 32.2. The third-order valence-electron chi connectivity index (χ3n) is 11.4. The van der Waals surface area contributed by atoms with Crippen LogP contribution in [-0.2, 0) is 14.4 Å². The Morgan fingerprint density at radius 1 is 0.847 bits per heavy atom. The zero-order valence-electron chi connectivity index (χ0n) is 33.3. The lowest BCUT2D eigenvalue weighted by molar-refractivity contribution is -0.141. The highest BCUT2D eigenvalue weighted by Crippen LogP contribution is 2.46. The fourth-order valence-corrected chi connectivity index (χ4v) is 8.10. The van der Waals surface area contributed by atoms with Crippen molar-refractivity contribution in [3.63, 3.8) is 0 Å². The largest absolute Gasteiger partial charge is 0.497 e. The molecule has 1 saturated heterocycles. The molecule has 0 bridgehead atoms. The number of amides is 3. The van der Waals surface area contributed by atoms with Gasteiger partial charge in [0.25, 0.3) is 5.91 Å². The van der Waals surface area contributed by atoms with E-state index in [1.807, 2.05) is 103 Å². The number of fused-ring (bicyclic) bond motifs is 3. The summed E-state index contributed by atoms with van der Waals surface area (Å²) in [7, 11) is 3.22. The number of para-hydroxylation sites is 1. The Hall–Kier alpha value is -6.56. The summed E-state index contributed by atoms with van der Waals surface area (Å²) in [4.78, 5) is 55.8. The number of methoxy groups -OCH3 is 2. The van der Waals surface area contributed by atoms with Gasteiger partial charge in [0, 0.05) is 47.2 Å². The van der Waals surface area contributed by atoms with Gasteiger partial charge in [0.15, 0.2) is 5.75 Å². The molecule has 3 aliphatic rings. The maximum absolute atomic E-state index is 14.9. The van der Waals surface area contributed by atoms with E-state index in [-0.39, 0.29) is 24.8 Å². The number of hydrogen-bond acceptors (Lipinski definition) is 9. The number of benzene rings is 4. The smallest absolute Gasteiger partial charge is 0.278 e. The van der Waals surface area contributed by atoms with Crippen LogP contribution in [0.25, 0.3) is 22.2 Å². The molecule has 2 fully saturated rings. The molecule has 5 aromatic rings. The number of carbonyl (C=O) groups is 3. The molecule has 8 rings (SSSR count). The van der Waals surface area contributed by atoms with Gasteiger partial charge in [0.2, 0.25) is 11.8 Å². The van der Waals surface area contributed by atoms with Crippen molar-refractivity contribution in [1.29, 1.82) is 0 Å². The van der Waals surface area contributed by atoms with Gasteiger partial charge in [-0.1, -0.05) is 79.6 Å². The summed E-state index contributed by atoms with van der Waals surface area (Å²) in [5, 5.41) is 7.34. The summed E-state index contributed by atoms with van der Waals surface area (Å²) in [5.41, 5.74) is 4.38. The zero-order valence-corrected chi connectivity index (χ0v) is 33.3. The van der Waals surface area contributed by atoms with E-state index in [2.05, 4.69) is 22.2 Å². The lowest BCUT2D eigenvalue weighted by atomic mass is 10.0. The van der Waals surface area contributed by atoms with Gasteiger partial charge in [-0.15, -0.1) is 0 Å². The van der Waals surface area contributed by atoms with Crippen LogP contribution in [0.15, 0.2) is 121 Å². The number of ether oxygens (including phenoxy) is 3. The molecular weight excluding hydrogens is 747 g/mol. The van der Waals surface area contributed by atoms with Crippen molar-refractivity contribution in [3.8, 4) is 34.3 Å². The molecule has 0 radical (unpaired) electrons. The molecule has 4 aromatic carbocycles. The number of hydrogen-bond donors (Lipinski definition) is 3. The van der Waals surface area contributed by atoms with Crippen molar-refractivity contribution in [2.75, 3.05) is 26.1 Å². The van der Waals surface area contributed by atoms with E-state index < -0.39 is 35.5 Å². The zero-order chi connectivity index (χ0) is 40.8. The molecule has 5 atom stereocenters. The van der Waals surface area contributed by atoms with E-state index in [0.29, 0.717) is 47.1 Å². The van der Waals surface area contributed by atoms with E-state index in [9.17, 15) is 14.4 Å². The van der Waals surface area contributed by atoms with Gasteiger partial charge >= 0.3 is 0 Å². The van der Waals surface area contributed by atoms with Gasteiger partial charge in [-0.2, -0.15) is 5.48 Å². The number of aromatic nitrogens is 1. The lowest BCUT2D eigenvalue weighted by Gasteiger charge is -2.30. The van der Waals surface area contributed by atoms with Crippen LogP contribution >= 0.6 is 0 Å².